The van der Waals surface area contributed by atoms with Crippen LogP contribution in [-0.2, 0) is 23.7 Å². The molecule has 8 heteroatoms. The van der Waals surface area contributed by atoms with Gasteiger partial charge in [0, 0.05) is 7.11 Å². The zero-order chi connectivity index (χ0) is 13.7. The van der Waals surface area contributed by atoms with Gasteiger partial charge in [0.1, 0.15) is 18.3 Å². The van der Waals surface area contributed by atoms with Gasteiger partial charge >= 0.3 is 5.97 Å². The molecular formula is C10H18O8. The fourth-order valence-electron chi connectivity index (χ4n) is 1.54. The van der Waals surface area contributed by atoms with Crippen molar-refractivity contribution in [1.82, 2.24) is 0 Å². The highest BCUT2D eigenvalue weighted by Crippen LogP contribution is 2.22. The fraction of sp³-hybridized carbons (Fsp3) is 0.900. The lowest BCUT2D eigenvalue weighted by molar-refractivity contribution is -0.295. The van der Waals surface area contributed by atoms with Crippen molar-refractivity contribution >= 4 is 5.97 Å². The second-order valence-corrected chi connectivity index (χ2v) is 3.78. The van der Waals surface area contributed by atoms with E-state index in [1.54, 1.807) is 0 Å². The number of ether oxygens (including phenoxy) is 4. The van der Waals surface area contributed by atoms with E-state index in [9.17, 15) is 20.1 Å². The Hall–Kier alpha value is -0.770. The first kappa shape index (κ1) is 15.3. The molecule has 8 nitrogen and oxygen atoms in total. The Balaban J connectivity index is 2.65. The number of rotatable bonds is 5. The number of aliphatic hydroxyl groups is 3. The van der Waals surface area contributed by atoms with Gasteiger partial charge in [-0.2, -0.15) is 0 Å². The minimum Gasteiger partial charge on any atom is -0.467 e. The smallest absolute Gasteiger partial charge is 0.337 e. The third-order valence-electron chi connectivity index (χ3n) is 2.57. The van der Waals surface area contributed by atoms with Gasteiger partial charge in [-0.05, 0) is 0 Å². The standard InChI is InChI=1S/C10H18O8/c1-15-3-4-17-10-7(13)5(11)6(12)8(18-10)9(14)16-2/h5-8,10-13H,3-4H2,1-2H3/t5-,6-,7+,8-,10+/m0/s1. The highest BCUT2D eigenvalue weighted by molar-refractivity contribution is 5.75. The second kappa shape index (κ2) is 6.98. The summed E-state index contributed by atoms with van der Waals surface area (Å²) in [6.07, 6.45) is -7.23. The normalized spacial score (nSPS) is 36.4. The van der Waals surface area contributed by atoms with Crippen LogP contribution in [0.2, 0.25) is 0 Å². The number of carbonyl (C=O) groups excluding carboxylic acids is 1. The number of methoxy groups -OCH3 is 2. The number of aliphatic hydroxyl groups excluding tert-OH is 3. The summed E-state index contributed by atoms with van der Waals surface area (Å²) < 4.78 is 19.3. The minimum absolute atomic E-state index is 0.106. The summed E-state index contributed by atoms with van der Waals surface area (Å²) in [5.41, 5.74) is 0. The first-order valence-electron chi connectivity index (χ1n) is 5.41. The van der Waals surface area contributed by atoms with Gasteiger partial charge in [0.25, 0.3) is 0 Å². The lowest BCUT2D eigenvalue weighted by Gasteiger charge is -2.38. The third-order valence-corrected chi connectivity index (χ3v) is 2.57. The molecule has 0 unspecified atom stereocenters. The van der Waals surface area contributed by atoms with Crippen molar-refractivity contribution in [3.05, 3.63) is 0 Å². The summed E-state index contributed by atoms with van der Waals surface area (Å²) in [6.45, 7) is 0.364. The van der Waals surface area contributed by atoms with Crippen LogP contribution in [0.3, 0.4) is 0 Å². The van der Waals surface area contributed by atoms with Gasteiger partial charge in [-0.3, -0.25) is 0 Å². The van der Waals surface area contributed by atoms with Crippen molar-refractivity contribution in [2.24, 2.45) is 0 Å². The lowest BCUT2D eigenvalue weighted by atomic mass is 9.99. The molecule has 1 heterocycles. The van der Waals surface area contributed by atoms with Crippen LogP contribution in [0.5, 0.6) is 0 Å². The Morgan fingerprint density at radius 3 is 2.33 bits per heavy atom. The molecular weight excluding hydrogens is 248 g/mol. The Kier molecular flexibility index (Phi) is 5.93. The van der Waals surface area contributed by atoms with Gasteiger partial charge < -0.3 is 34.3 Å². The van der Waals surface area contributed by atoms with Crippen molar-refractivity contribution in [1.29, 1.82) is 0 Å². The summed E-state index contributed by atoms with van der Waals surface area (Å²) >= 11 is 0. The number of esters is 1. The first-order chi connectivity index (χ1) is 8.52. The lowest BCUT2D eigenvalue weighted by Crippen LogP contribution is -2.60. The summed E-state index contributed by atoms with van der Waals surface area (Å²) in [5.74, 6) is -0.853. The monoisotopic (exact) mass is 266 g/mol. The predicted molar refractivity (Wildman–Crippen MR) is 56.5 cm³/mol. The van der Waals surface area contributed by atoms with E-state index in [1.165, 1.54) is 7.11 Å². The van der Waals surface area contributed by atoms with E-state index in [1.807, 2.05) is 0 Å². The maximum Gasteiger partial charge on any atom is 0.337 e. The maximum atomic E-state index is 11.3. The molecule has 0 saturated carbocycles. The number of hydrogen-bond donors (Lipinski definition) is 3. The predicted octanol–water partition coefficient (Wildman–Crippen LogP) is -2.37. The van der Waals surface area contributed by atoms with Gasteiger partial charge in [-0.25, -0.2) is 4.79 Å². The van der Waals surface area contributed by atoms with E-state index in [2.05, 4.69) is 4.74 Å². The molecule has 106 valence electrons. The molecule has 18 heavy (non-hydrogen) atoms. The minimum atomic E-state index is -1.57. The van der Waals surface area contributed by atoms with Crippen molar-refractivity contribution < 1.29 is 39.1 Å². The van der Waals surface area contributed by atoms with Gasteiger partial charge in [0.15, 0.2) is 12.4 Å². The van der Waals surface area contributed by atoms with Crippen LogP contribution in [0.1, 0.15) is 0 Å². The molecule has 0 spiro atoms. The van der Waals surface area contributed by atoms with Crippen LogP contribution in [0, 0.1) is 0 Å². The van der Waals surface area contributed by atoms with E-state index >= 15 is 0 Å². The molecule has 0 aromatic carbocycles. The van der Waals surface area contributed by atoms with Crippen LogP contribution < -0.4 is 0 Å². The molecule has 0 radical (unpaired) electrons. The van der Waals surface area contributed by atoms with Gasteiger partial charge in [-0.1, -0.05) is 0 Å². The van der Waals surface area contributed by atoms with Crippen LogP contribution in [-0.4, -0.2) is 79.4 Å². The highest BCUT2D eigenvalue weighted by Gasteiger charge is 2.47. The molecule has 0 amide bonds. The van der Waals surface area contributed by atoms with E-state index < -0.39 is 36.7 Å². The highest BCUT2D eigenvalue weighted by atomic mass is 16.7. The second-order valence-electron chi connectivity index (χ2n) is 3.78. The number of hydrogen-bond acceptors (Lipinski definition) is 8. The van der Waals surface area contributed by atoms with E-state index in [-0.39, 0.29) is 13.2 Å². The average Bonchev–Trinajstić information content (AvgIpc) is 2.38. The first-order valence-corrected chi connectivity index (χ1v) is 5.41. The van der Waals surface area contributed by atoms with Gasteiger partial charge in [0.2, 0.25) is 0 Å². The topological polar surface area (TPSA) is 115 Å². The SMILES string of the molecule is COCCO[C@@H]1O[C@H](C(=O)OC)[C@@H](O)[C@H](O)[C@H]1O. The van der Waals surface area contributed by atoms with Crippen LogP contribution >= 0.6 is 0 Å². The van der Waals surface area contributed by atoms with E-state index in [0.717, 1.165) is 7.11 Å². The van der Waals surface area contributed by atoms with Crippen molar-refractivity contribution in [3.8, 4) is 0 Å². The molecule has 0 aromatic heterocycles. The Morgan fingerprint density at radius 2 is 1.78 bits per heavy atom. The van der Waals surface area contributed by atoms with Crippen molar-refractivity contribution in [2.45, 2.75) is 30.7 Å². The number of carbonyl (C=O) groups is 1. The van der Waals surface area contributed by atoms with Crippen LogP contribution in [0.4, 0.5) is 0 Å². The third kappa shape index (κ3) is 3.37. The van der Waals surface area contributed by atoms with Gasteiger partial charge in [0.05, 0.1) is 20.3 Å². The van der Waals surface area contributed by atoms with Crippen molar-refractivity contribution in [2.75, 3.05) is 27.4 Å². The van der Waals surface area contributed by atoms with Crippen LogP contribution in [0.25, 0.3) is 0 Å². The Morgan fingerprint density at radius 1 is 1.11 bits per heavy atom. The zero-order valence-corrected chi connectivity index (χ0v) is 10.2. The molecule has 1 fully saturated rings. The fourth-order valence-corrected chi connectivity index (χ4v) is 1.54. The summed E-state index contributed by atoms with van der Waals surface area (Å²) in [7, 11) is 2.59. The maximum absolute atomic E-state index is 11.3. The zero-order valence-electron chi connectivity index (χ0n) is 10.2. The van der Waals surface area contributed by atoms with Gasteiger partial charge in [-0.15, -0.1) is 0 Å². The van der Waals surface area contributed by atoms with Crippen molar-refractivity contribution in [3.63, 3.8) is 0 Å². The Bertz CT molecular complexity index is 271. The molecule has 1 saturated heterocycles. The summed E-state index contributed by atoms with van der Waals surface area (Å²) in [6, 6.07) is 0. The molecule has 0 aromatic rings. The molecule has 5 atom stereocenters. The molecule has 1 aliphatic rings. The summed E-state index contributed by atoms with van der Waals surface area (Å²) in [5, 5.41) is 28.8. The van der Waals surface area contributed by atoms with E-state index in [0.29, 0.717) is 0 Å². The summed E-state index contributed by atoms with van der Waals surface area (Å²) in [4.78, 5) is 11.3. The Labute approximate surface area is 104 Å². The van der Waals surface area contributed by atoms with E-state index in [4.69, 9.17) is 14.2 Å². The van der Waals surface area contributed by atoms with Crippen LogP contribution in [0.15, 0.2) is 0 Å². The molecule has 0 bridgehead atoms. The quantitative estimate of drug-likeness (QED) is 0.373. The molecule has 1 rings (SSSR count). The molecule has 1 aliphatic heterocycles. The largest absolute Gasteiger partial charge is 0.467 e. The molecule has 3 N–H and O–H groups in total. The average molecular weight is 266 g/mol. The molecule has 0 aliphatic carbocycles.